The van der Waals surface area contributed by atoms with Crippen molar-refractivity contribution in [2.24, 2.45) is 0 Å². The van der Waals surface area contributed by atoms with E-state index in [1.54, 1.807) is 0 Å². The van der Waals surface area contributed by atoms with Crippen LogP contribution in [0.4, 0.5) is 0 Å². The van der Waals surface area contributed by atoms with Crippen molar-refractivity contribution in [1.82, 2.24) is 0 Å². The molecule has 0 N–H and O–H groups in total. The maximum atomic E-state index is 12.7. The fraction of sp³-hybridized carbons (Fsp3) is 0.596. The lowest BCUT2D eigenvalue weighted by atomic mass is 10.1. The molecule has 1 atom stereocenters. The predicted molar refractivity (Wildman–Crippen MR) is 247 cm³/mol. The van der Waals surface area contributed by atoms with E-state index in [-0.39, 0.29) is 37.5 Å². The molecule has 0 amide bonds. The van der Waals surface area contributed by atoms with Crippen molar-refractivity contribution in [2.45, 2.75) is 187 Å². The van der Waals surface area contributed by atoms with Gasteiger partial charge in [-0.15, -0.1) is 0 Å². The quantitative estimate of drug-likeness (QED) is 0.0202. The summed E-state index contributed by atoms with van der Waals surface area (Å²) in [6.45, 7) is 6.25. The molecule has 0 saturated heterocycles. The molecular weight excluding hydrogens is 721 g/mol. The van der Waals surface area contributed by atoms with E-state index in [9.17, 15) is 14.4 Å². The molecule has 6 heteroatoms. The number of rotatable bonds is 39. The smallest absolute Gasteiger partial charge is 0.306 e. The summed E-state index contributed by atoms with van der Waals surface area (Å²) in [5.74, 6) is -1.03. The molecule has 0 radical (unpaired) electrons. The van der Waals surface area contributed by atoms with Crippen LogP contribution < -0.4 is 0 Å². The first-order chi connectivity index (χ1) is 28.5. The predicted octanol–water partition coefficient (Wildman–Crippen LogP) is 14.8. The van der Waals surface area contributed by atoms with E-state index in [1.165, 1.54) is 38.5 Å². The first-order valence-electron chi connectivity index (χ1n) is 23.0. The molecule has 0 aliphatic rings. The van der Waals surface area contributed by atoms with Gasteiger partial charge in [0, 0.05) is 19.3 Å². The van der Waals surface area contributed by atoms with Crippen molar-refractivity contribution < 1.29 is 28.6 Å². The van der Waals surface area contributed by atoms with Crippen LogP contribution in [0.3, 0.4) is 0 Å². The molecule has 1 unspecified atom stereocenters. The Bertz CT molecular complexity index is 1240. The third-order valence-electron chi connectivity index (χ3n) is 9.12. The molecule has 0 aliphatic carbocycles. The number of allylic oxidation sites excluding steroid dienone is 18. The highest BCUT2D eigenvalue weighted by Gasteiger charge is 2.19. The summed E-state index contributed by atoms with van der Waals surface area (Å²) < 4.78 is 16.6. The normalized spacial score (nSPS) is 13.1. The number of ether oxygens (including phenoxy) is 3. The van der Waals surface area contributed by atoms with Crippen LogP contribution in [-0.2, 0) is 28.6 Å². The van der Waals surface area contributed by atoms with Gasteiger partial charge in [-0.1, -0.05) is 175 Å². The van der Waals surface area contributed by atoms with E-state index in [2.05, 4.69) is 81.5 Å². The molecular formula is C52H82O6. The Morgan fingerprint density at radius 2 is 0.759 bits per heavy atom. The van der Waals surface area contributed by atoms with Gasteiger partial charge >= 0.3 is 17.9 Å². The molecule has 6 nitrogen and oxygen atoms in total. The van der Waals surface area contributed by atoms with Crippen molar-refractivity contribution in [3.8, 4) is 0 Å². The maximum Gasteiger partial charge on any atom is 0.306 e. The largest absolute Gasteiger partial charge is 0.462 e. The Labute approximate surface area is 355 Å². The summed E-state index contributed by atoms with van der Waals surface area (Å²) in [7, 11) is 0. The fourth-order valence-electron chi connectivity index (χ4n) is 5.70. The molecule has 326 valence electrons. The minimum absolute atomic E-state index is 0.121. The van der Waals surface area contributed by atoms with Crippen molar-refractivity contribution >= 4 is 17.9 Å². The van der Waals surface area contributed by atoms with E-state index in [0.29, 0.717) is 19.3 Å². The lowest BCUT2D eigenvalue weighted by Gasteiger charge is -2.18. The molecule has 0 saturated carbocycles. The number of hydrogen-bond acceptors (Lipinski definition) is 6. The molecule has 0 aromatic rings. The third-order valence-corrected chi connectivity index (χ3v) is 9.12. The second kappa shape index (κ2) is 45.8. The average molecular weight is 803 g/mol. The van der Waals surface area contributed by atoms with Gasteiger partial charge in [0.1, 0.15) is 13.2 Å². The Balaban J connectivity index is 4.57. The Hall–Kier alpha value is -3.93. The summed E-state index contributed by atoms with van der Waals surface area (Å²) in [6.07, 6.45) is 60.7. The first-order valence-corrected chi connectivity index (χ1v) is 23.0. The summed E-state index contributed by atoms with van der Waals surface area (Å²) >= 11 is 0. The van der Waals surface area contributed by atoms with Crippen LogP contribution in [-0.4, -0.2) is 37.2 Å². The summed E-state index contributed by atoms with van der Waals surface area (Å²) in [4.78, 5) is 37.8. The molecule has 58 heavy (non-hydrogen) atoms. The van der Waals surface area contributed by atoms with E-state index in [4.69, 9.17) is 14.2 Å². The summed E-state index contributed by atoms with van der Waals surface area (Å²) in [5, 5.41) is 0. The van der Waals surface area contributed by atoms with Crippen molar-refractivity contribution in [3.63, 3.8) is 0 Å². The van der Waals surface area contributed by atoms with Crippen LogP contribution >= 0.6 is 0 Å². The van der Waals surface area contributed by atoms with Gasteiger partial charge in [0.05, 0.1) is 0 Å². The van der Waals surface area contributed by atoms with Gasteiger partial charge in [0.25, 0.3) is 0 Å². The average Bonchev–Trinajstić information content (AvgIpc) is 3.22. The van der Waals surface area contributed by atoms with E-state index in [1.807, 2.05) is 48.6 Å². The van der Waals surface area contributed by atoms with Gasteiger partial charge in [-0.2, -0.15) is 0 Å². The zero-order valence-corrected chi connectivity index (χ0v) is 37.0. The molecule has 0 spiro atoms. The van der Waals surface area contributed by atoms with Gasteiger partial charge in [-0.25, -0.2) is 0 Å². The van der Waals surface area contributed by atoms with Gasteiger partial charge in [-0.05, 0) is 96.3 Å². The number of carbonyl (C=O) groups is 3. The van der Waals surface area contributed by atoms with Crippen LogP contribution in [0.1, 0.15) is 181 Å². The Morgan fingerprint density at radius 1 is 0.379 bits per heavy atom. The van der Waals surface area contributed by atoms with Gasteiger partial charge in [-0.3, -0.25) is 14.4 Å². The van der Waals surface area contributed by atoms with Crippen LogP contribution in [0.15, 0.2) is 109 Å². The minimum Gasteiger partial charge on any atom is -0.462 e. The standard InChI is InChI=1S/C52H82O6/c1-4-7-10-13-16-19-22-25-26-28-30-33-36-39-42-45-51(54)57-48-49(47-56-50(53)44-41-38-35-32-29-24-21-18-15-12-9-6-3)58-52(55)46-43-40-37-34-31-27-23-20-17-14-11-8-5-2/h7,9-10,12-13,16,18-19,21-22,25-32,49H,4-6,8,11,14-15,17,20,23-24,33-48H2,1-3H3/b10-7-,12-9-,16-13-,21-18-,22-19-,26-25-,30-28-,31-27-,32-29-. The lowest BCUT2D eigenvalue weighted by Crippen LogP contribution is -2.30. The van der Waals surface area contributed by atoms with Crippen molar-refractivity contribution in [3.05, 3.63) is 109 Å². The molecule has 0 rings (SSSR count). The SMILES string of the molecule is CC\C=C/C=C\C=C/C=C\C=C/CCCCCC(=O)OCC(COC(=O)CCCC/C=C\C/C=C\C/C=C\CC)OC(=O)CCCCC/C=C\CCCCCCCC. The number of hydrogen-bond donors (Lipinski definition) is 0. The maximum absolute atomic E-state index is 12.7. The minimum atomic E-state index is -0.819. The van der Waals surface area contributed by atoms with Gasteiger partial charge in [0.2, 0.25) is 0 Å². The van der Waals surface area contributed by atoms with Crippen molar-refractivity contribution in [2.75, 3.05) is 13.2 Å². The van der Waals surface area contributed by atoms with Crippen LogP contribution in [0, 0.1) is 0 Å². The van der Waals surface area contributed by atoms with E-state index >= 15 is 0 Å². The van der Waals surface area contributed by atoms with Gasteiger partial charge in [0.15, 0.2) is 6.10 Å². The van der Waals surface area contributed by atoms with Gasteiger partial charge < -0.3 is 14.2 Å². The van der Waals surface area contributed by atoms with Crippen molar-refractivity contribution in [1.29, 1.82) is 0 Å². The zero-order chi connectivity index (χ0) is 42.3. The monoisotopic (exact) mass is 803 g/mol. The molecule has 0 aromatic heterocycles. The van der Waals surface area contributed by atoms with E-state index in [0.717, 1.165) is 96.3 Å². The lowest BCUT2D eigenvalue weighted by molar-refractivity contribution is -0.167. The number of carbonyl (C=O) groups excluding carboxylic acids is 3. The summed E-state index contributed by atoms with van der Waals surface area (Å²) in [6, 6.07) is 0. The van der Waals surface area contributed by atoms with Crippen LogP contribution in [0.2, 0.25) is 0 Å². The Morgan fingerprint density at radius 3 is 1.31 bits per heavy atom. The van der Waals surface area contributed by atoms with E-state index < -0.39 is 6.10 Å². The highest BCUT2D eigenvalue weighted by Crippen LogP contribution is 2.11. The van der Waals surface area contributed by atoms with Crippen LogP contribution in [0.25, 0.3) is 0 Å². The van der Waals surface area contributed by atoms with Crippen LogP contribution in [0.5, 0.6) is 0 Å². The molecule has 0 aliphatic heterocycles. The third kappa shape index (κ3) is 43.2. The molecule has 0 bridgehead atoms. The molecule has 0 aromatic carbocycles. The fourth-order valence-corrected chi connectivity index (χ4v) is 5.70. The second-order valence-corrected chi connectivity index (χ2v) is 14.7. The summed E-state index contributed by atoms with van der Waals surface area (Å²) in [5.41, 5.74) is 0. The topological polar surface area (TPSA) is 78.9 Å². The zero-order valence-electron chi connectivity index (χ0n) is 37.0. The number of unbranched alkanes of at least 4 members (excludes halogenated alkanes) is 14. The first kappa shape index (κ1) is 54.1. The molecule has 0 fully saturated rings. The second-order valence-electron chi connectivity index (χ2n) is 14.7. The Kier molecular flexibility index (Phi) is 42.7. The highest BCUT2D eigenvalue weighted by atomic mass is 16.6. The molecule has 0 heterocycles. The number of esters is 3. The highest BCUT2D eigenvalue weighted by molar-refractivity contribution is 5.71.